The molecule has 1 unspecified atom stereocenters. The highest BCUT2D eigenvalue weighted by Gasteiger charge is 2.30. The van der Waals surface area contributed by atoms with Crippen LogP contribution in [0, 0.1) is 5.92 Å². The summed E-state index contributed by atoms with van der Waals surface area (Å²) in [4.78, 5) is 17.5. The van der Waals surface area contributed by atoms with Crippen molar-refractivity contribution in [3.05, 3.63) is 35.9 Å². The monoisotopic (exact) mass is 351 g/mol. The van der Waals surface area contributed by atoms with Crippen LogP contribution in [0.4, 0.5) is 0 Å². The Morgan fingerprint density at radius 2 is 1.88 bits per heavy atom. The molecule has 5 heteroatoms. The fourth-order valence-electron chi connectivity index (χ4n) is 3.86. The van der Waals surface area contributed by atoms with Gasteiger partial charge >= 0.3 is 0 Å². The van der Waals surface area contributed by atoms with Gasteiger partial charge in [0.1, 0.15) is 0 Å². The molecule has 1 aromatic carbocycles. The van der Waals surface area contributed by atoms with E-state index < -0.39 is 0 Å². The van der Waals surface area contributed by atoms with Crippen molar-refractivity contribution >= 4 is 18.3 Å². The van der Waals surface area contributed by atoms with Gasteiger partial charge in [-0.3, -0.25) is 9.69 Å². The van der Waals surface area contributed by atoms with Gasteiger partial charge in [0.2, 0.25) is 5.91 Å². The number of carbonyl (C=O) groups excluding carboxylic acids is 1. The van der Waals surface area contributed by atoms with Crippen molar-refractivity contribution in [3.63, 3.8) is 0 Å². The number of nitrogens with zero attached hydrogens (tertiary/aromatic N) is 2. The Morgan fingerprint density at radius 1 is 1.17 bits per heavy atom. The molecule has 1 N–H and O–H groups in total. The van der Waals surface area contributed by atoms with Gasteiger partial charge in [0, 0.05) is 38.1 Å². The van der Waals surface area contributed by atoms with Crippen LogP contribution in [0.15, 0.2) is 30.3 Å². The number of carbonyl (C=O) groups is 1. The van der Waals surface area contributed by atoms with Crippen LogP contribution in [0.2, 0.25) is 0 Å². The summed E-state index contributed by atoms with van der Waals surface area (Å²) in [5.74, 6) is 0.625. The van der Waals surface area contributed by atoms with Crippen molar-refractivity contribution in [1.29, 1.82) is 0 Å². The van der Waals surface area contributed by atoms with Crippen molar-refractivity contribution in [2.45, 2.75) is 38.8 Å². The zero-order chi connectivity index (χ0) is 16.1. The van der Waals surface area contributed by atoms with Gasteiger partial charge < -0.3 is 10.2 Å². The number of nitrogens with one attached hydrogen (secondary N) is 1. The molecule has 2 aliphatic rings. The number of benzene rings is 1. The zero-order valence-corrected chi connectivity index (χ0v) is 15.4. The Morgan fingerprint density at radius 3 is 2.58 bits per heavy atom. The van der Waals surface area contributed by atoms with E-state index >= 15 is 0 Å². The van der Waals surface area contributed by atoms with E-state index in [1.165, 1.54) is 5.56 Å². The second-order valence-corrected chi connectivity index (χ2v) is 6.98. The van der Waals surface area contributed by atoms with Gasteiger partial charge in [-0.1, -0.05) is 30.3 Å². The summed E-state index contributed by atoms with van der Waals surface area (Å²) < 4.78 is 0. The van der Waals surface area contributed by atoms with Crippen molar-refractivity contribution < 1.29 is 4.79 Å². The quantitative estimate of drug-likeness (QED) is 0.909. The first-order valence-corrected chi connectivity index (χ1v) is 9.01. The Bertz CT molecular complexity index is 505. The minimum absolute atomic E-state index is 0. The van der Waals surface area contributed by atoms with Gasteiger partial charge in [-0.15, -0.1) is 12.4 Å². The molecule has 134 valence electrons. The molecule has 1 atom stereocenters. The van der Waals surface area contributed by atoms with Gasteiger partial charge in [0.05, 0.1) is 0 Å². The molecule has 2 fully saturated rings. The third-order valence-electron chi connectivity index (χ3n) is 5.15. The highest BCUT2D eigenvalue weighted by atomic mass is 35.5. The van der Waals surface area contributed by atoms with Crippen molar-refractivity contribution in [2.24, 2.45) is 5.92 Å². The van der Waals surface area contributed by atoms with Gasteiger partial charge in [0.15, 0.2) is 0 Å². The summed E-state index contributed by atoms with van der Waals surface area (Å²) in [5.41, 5.74) is 1.36. The molecule has 24 heavy (non-hydrogen) atoms. The van der Waals surface area contributed by atoms with Crippen LogP contribution in [0.3, 0.4) is 0 Å². The first kappa shape index (κ1) is 19.2. The number of halogens is 1. The number of hydrogen-bond donors (Lipinski definition) is 1. The first-order chi connectivity index (χ1) is 11.2. The molecule has 0 bridgehead atoms. The van der Waals surface area contributed by atoms with Crippen LogP contribution < -0.4 is 5.32 Å². The Hall–Kier alpha value is -1.10. The molecule has 1 amide bonds. The largest absolute Gasteiger partial charge is 0.338 e. The van der Waals surface area contributed by atoms with Gasteiger partial charge in [-0.2, -0.15) is 0 Å². The second-order valence-electron chi connectivity index (χ2n) is 6.98. The lowest BCUT2D eigenvalue weighted by molar-refractivity contribution is -0.138. The van der Waals surface area contributed by atoms with Gasteiger partial charge in [-0.05, 0) is 44.8 Å². The predicted octanol–water partition coefficient (Wildman–Crippen LogP) is 2.53. The smallest absolute Gasteiger partial charge is 0.226 e. The fraction of sp³-hybridized carbons (Fsp3) is 0.632. The lowest BCUT2D eigenvalue weighted by atomic mass is 9.96. The van der Waals surface area contributed by atoms with E-state index in [2.05, 4.69) is 52.4 Å². The normalized spacial score (nSPS) is 23.4. The minimum Gasteiger partial charge on any atom is -0.338 e. The third-order valence-corrected chi connectivity index (χ3v) is 5.15. The highest BCUT2D eigenvalue weighted by molar-refractivity contribution is 5.85. The lowest BCUT2D eigenvalue weighted by Gasteiger charge is -2.33. The van der Waals surface area contributed by atoms with E-state index in [4.69, 9.17) is 0 Å². The Labute approximate surface area is 152 Å². The van der Waals surface area contributed by atoms with E-state index in [0.29, 0.717) is 11.9 Å². The van der Waals surface area contributed by atoms with E-state index in [0.717, 1.165) is 58.5 Å². The maximum Gasteiger partial charge on any atom is 0.226 e. The summed E-state index contributed by atoms with van der Waals surface area (Å²) in [6, 6.07) is 10.9. The summed E-state index contributed by atoms with van der Waals surface area (Å²) in [5, 5.41) is 3.35. The molecule has 0 saturated carbocycles. The fourth-order valence-corrected chi connectivity index (χ4v) is 3.86. The summed E-state index contributed by atoms with van der Waals surface area (Å²) in [7, 11) is 0. The molecule has 0 aromatic heterocycles. The average molecular weight is 352 g/mol. The maximum absolute atomic E-state index is 12.9. The Balaban J connectivity index is 0.00000208. The molecule has 2 heterocycles. The van der Waals surface area contributed by atoms with Crippen LogP contribution in [-0.4, -0.2) is 54.5 Å². The first-order valence-electron chi connectivity index (χ1n) is 9.01. The van der Waals surface area contributed by atoms with Crippen LogP contribution in [-0.2, 0) is 11.3 Å². The van der Waals surface area contributed by atoms with Crippen molar-refractivity contribution in [2.75, 3.05) is 32.7 Å². The molecule has 0 radical (unpaired) electrons. The average Bonchev–Trinajstić information content (AvgIpc) is 2.77. The van der Waals surface area contributed by atoms with E-state index in [1.54, 1.807) is 0 Å². The maximum atomic E-state index is 12.9. The van der Waals surface area contributed by atoms with Crippen molar-refractivity contribution in [1.82, 2.24) is 15.1 Å². The number of hydrogen-bond acceptors (Lipinski definition) is 3. The molecular formula is C19H30ClN3O. The van der Waals surface area contributed by atoms with Crippen LogP contribution in [0.25, 0.3) is 0 Å². The van der Waals surface area contributed by atoms with E-state index in [-0.39, 0.29) is 18.3 Å². The molecule has 3 rings (SSSR count). The van der Waals surface area contributed by atoms with Gasteiger partial charge in [-0.25, -0.2) is 0 Å². The summed E-state index contributed by atoms with van der Waals surface area (Å²) in [6.07, 6.45) is 3.07. The van der Waals surface area contributed by atoms with Crippen molar-refractivity contribution in [3.8, 4) is 0 Å². The number of piperidine rings is 1. The molecular weight excluding hydrogens is 322 g/mol. The van der Waals surface area contributed by atoms with Crippen LogP contribution >= 0.6 is 12.4 Å². The third kappa shape index (κ3) is 4.95. The SMILES string of the molecule is CC1CN(Cc2ccccc2)CCCN1C(=O)C1CCNCC1.Cl. The summed E-state index contributed by atoms with van der Waals surface area (Å²) >= 11 is 0. The highest BCUT2D eigenvalue weighted by Crippen LogP contribution is 2.20. The van der Waals surface area contributed by atoms with Crippen LogP contribution in [0.5, 0.6) is 0 Å². The Kier molecular flexibility index (Phi) is 7.53. The molecule has 2 saturated heterocycles. The number of amides is 1. The predicted molar refractivity (Wildman–Crippen MR) is 100 cm³/mol. The second kappa shape index (κ2) is 9.40. The molecule has 4 nitrogen and oxygen atoms in total. The van der Waals surface area contributed by atoms with E-state index in [9.17, 15) is 4.79 Å². The molecule has 1 aromatic rings. The van der Waals surface area contributed by atoms with Gasteiger partial charge in [0.25, 0.3) is 0 Å². The lowest BCUT2D eigenvalue weighted by Crippen LogP contribution is -2.47. The van der Waals surface area contributed by atoms with E-state index in [1.807, 2.05) is 0 Å². The molecule has 0 aliphatic carbocycles. The van der Waals surface area contributed by atoms with Crippen LogP contribution in [0.1, 0.15) is 31.7 Å². The summed E-state index contributed by atoms with van der Waals surface area (Å²) in [6.45, 7) is 8.14. The zero-order valence-electron chi connectivity index (χ0n) is 14.6. The molecule has 0 spiro atoms. The minimum atomic E-state index is 0. The topological polar surface area (TPSA) is 35.6 Å². The standard InChI is InChI=1S/C19H29N3O.ClH/c1-16-14-21(15-17-6-3-2-4-7-17)12-5-13-22(16)19(23)18-8-10-20-11-9-18;/h2-4,6-7,16,18,20H,5,8-15H2,1H3;1H. The molecule has 2 aliphatic heterocycles. The number of rotatable bonds is 3.